The van der Waals surface area contributed by atoms with Crippen molar-refractivity contribution in [2.75, 3.05) is 6.54 Å². The van der Waals surface area contributed by atoms with Crippen LogP contribution in [0.2, 0.25) is 5.02 Å². The summed E-state index contributed by atoms with van der Waals surface area (Å²) in [7, 11) is 0. The molecule has 1 aliphatic heterocycles. The van der Waals surface area contributed by atoms with Crippen LogP contribution in [0.3, 0.4) is 0 Å². The van der Waals surface area contributed by atoms with E-state index in [2.05, 4.69) is 11.1 Å². The summed E-state index contributed by atoms with van der Waals surface area (Å²) < 4.78 is 0. The molecule has 0 saturated heterocycles. The molecule has 1 aliphatic rings. The van der Waals surface area contributed by atoms with Crippen molar-refractivity contribution < 1.29 is 4.79 Å². The quantitative estimate of drug-likeness (QED) is 0.726. The summed E-state index contributed by atoms with van der Waals surface area (Å²) in [5, 5.41) is 1.65. The number of nitrogens with zero attached hydrogens (tertiary/aromatic N) is 1. The highest BCUT2D eigenvalue weighted by Gasteiger charge is 2.22. The minimum absolute atomic E-state index is 0.000173. The van der Waals surface area contributed by atoms with E-state index < -0.39 is 0 Å². The van der Waals surface area contributed by atoms with Crippen LogP contribution in [-0.2, 0) is 13.0 Å². The molecule has 0 saturated carbocycles. The van der Waals surface area contributed by atoms with Crippen molar-refractivity contribution in [1.29, 1.82) is 0 Å². The van der Waals surface area contributed by atoms with E-state index in [1.807, 2.05) is 24.0 Å². The van der Waals surface area contributed by atoms with Crippen molar-refractivity contribution in [2.45, 2.75) is 19.9 Å². The standard InChI is InChI=1S/C20H17ClN2O2/c1-12-8-15-9-14-6-7-23(11-16(14)10-18(15)22-19(12)24)20(25)13-2-4-17(21)5-3-13/h2-5,8-10H,6-7,11H2,1H3,(H,22,24). The summed E-state index contributed by atoms with van der Waals surface area (Å²) in [6, 6.07) is 13.0. The number of benzene rings is 2. The fourth-order valence-electron chi connectivity index (χ4n) is 3.32. The van der Waals surface area contributed by atoms with Crippen LogP contribution in [0, 0.1) is 6.92 Å². The molecule has 1 N–H and O–H groups in total. The van der Waals surface area contributed by atoms with Crippen molar-refractivity contribution in [3.8, 4) is 0 Å². The Balaban J connectivity index is 1.67. The Morgan fingerprint density at radius 3 is 2.64 bits per heavy atom. The minimum Gasteiger partial charge on any atom is -0.334 e. The Morgan fingerprint density at radius 1 is 1.12 bits per heavy atom. The fraction of sp³-hybridized carbons (Fsp3) is 0.200. The lowest BCUT2D eigenvalue weighted by Crippen LogP contribution is -2.36. The van der Waals surface area contributed by atoms with E-state index in [1.54, 1.807) is 24.3 Å². The molecule has 126 valence electrons. The van der Waals surface area contributed by atoms with E-state index in [0.717, 1.165) is 22.9 Å². The van der Waals surface area contributed by atoms with Gasteiger partial charge in [0.25, 0.3) is 11.5 Å². The number of carbonyl (C=O) groups excluding carboxylic acids is 1. The number of aryl methyl sites for hydroxylation is 1. The Bertz CT molecular complexity index is 1040. The summed E-state index contributed by atoms with van der Waals surface area (Å²) >= 11 is 5.89. The SMILES string of the molecule is Cc1cc2cc3c(cc2[nH]c1=O)CN(C(=O)c1ccc(Cl)cc1)CC3. The largest absolute Gasteiger partial charge is 0.334 e. The molecular formula is C20H17ClN2O2. The number of amides is 1. The average molecular weight is 353 g/mol. The molecule has 2 heterocycles. The maximum Gasteiger partial charge on any atom is 0.254 e. The van der Waals surface area contributed by atoms with E-state index >= 15 is 0 Å². The van der Waals surface area contributed by atoms with Gasteiger partial charge in [-0.1, -0.05) is 11.6 Å². The van der Waals surface area contributed by atoms with Gasteiger partial charge in [-0.2, -0.15) is 0 Å². The van der Waals surface area contributed by atoms with Gasteiger partial charge in [0.2, 0.25) is 0 Å². The normalized spacial score (nSPS) is 13.8. The van der Waals surface area contributed by atoms with Gasteiger partial charge in [-0.25, -0.2) is 0 Å². The van der Waals surface area contributed by atoms with E-state index in [1.165, 1.54) is 5.56 Å². The van der Waals surface area contributed by atoms with Crippen molar-refractivity contribution in [1.82, 2.24) is 9.88 Å². The molecule has 0 atom stereocenters. The van der Waals surface area contributed by atoms with Crippen LogP contribution in [0.15, 0.2) is 47.3 Å². The van der Waals surface area contributed by atoms with Crippen LogP contribution in [0.5, 0.6) is 0 Å². The first-order valence-electron chi connectivity index (χ1n) is 8.21. The maximum atomic E-state index is 12.7. The topological polar surface area (TPSA) is 53.2 Å². The number of pyridine rings is 1. The third-order valence-electron chi connectivity index (χ3n) is 4.74. The lowest BCUT2D eigenvalue weighted by molar-refractivity contribution is 0.0735. The Morgan fingerprint density at radius 2 is 1.88 bits per heavy atom. The molecule has 0 unspecified atom stereocenters. The van der Waals surface area contributed by atoms with Gasteiger partial charge >= 0.3 is 0 Å². The monoisotopic (exact) mass is 352 g/mol. The molecule has 2 aromatic carbocycles. The molecule has 1 amide bonds. The first-order chi connectivity index (χ1) is 12.0. The first kappa shape index (κ1) is 15.9. The molecule has 1 aromatic heterocycles. The number of carbonyl (C=O) groups is 1. The molecule has 0 spiro atoms. The molecular weight excluding hydrogens is 336 g/mol. The predicted octanol–water partition coefficient (Wildman–Crippen LogP) is 3.69. The Hall–Kier alpha value is -2.59. The molecule has 0 bridgehead atoms. The van der Waals surface area contributed by atoms with Gasteiger partial charge < -0.3 is 9.88 Å². The molecule has 4 nitrogen and oxygen atoms in total. The smallest absolute Gasteiger partial charge is 0.254 e. The van der Waals surface area contributed by atoms with Gasteiger partial charge in [0.05, 0.1) is 0 Å². The molecule has 0 radical (unpaired) electrons. The minimum atomic E-state index is -0.0719. The van der Waals surface area contributed by atoms with Crippen molar-refractivity contribution >= 4 is 28.4 Å². The zero-order valence-electron chi connectivity index (χ0n) is 13.8. The Labute approximate surface area is 150 Å². The van der Waals surface area contributed by atoms with Gasteiger partial charge in [-0.3, -0.25) is 9.59 Å². The van der Waals surface area contributed by atoms with Gasteiger partial charge in [-0.15, -0.1) is 0 Å². The average Bonchev–Trinajstić information content (AvgIpc) is 2.61. The van der Waals surface area contributed by atoms with Crippen molar-refractivity contribution in [3.05, 3.63) is 80.1 Å². The predicted molar refractivity (Wildman–Crippen MR) is 99.2 cm³/mol. The van der Waals surface area contributed by atoms with Crippen LogP contribution >= 0.6 is 11.6 Å². The Kier molecular flexibility index (Phi) is 3.85. The highest BCUT2D eigenvalue weighted by Crippen LogP contribution is 2.25. The molecule has 3 aromatic rings. The number of aromatic amines is 1. The summed E-state index contributed by atoms with van der Waals surface area (Å²) in [6.45, 7) is 3.04. The van der Waals surface area contributed by atoms with Gasteiger partial charge in [0, 0.05) is 34.8 Å². The number of rotatable bonds is 1. The van der Waals surface area contributed by atoms with Gasteiger partial charge in [-0.05, 0) is 72.3 Å². The molecule has 25 heavy (non-hydrogen) atoms. The summed E-state index contributed by atoms with van der Waals surface area (Å²) in [4.78, 5) is 29.3. The zero-order valence-corrected chi connectivity index (χ0v) is 14.6. The van der Waals surface area contributed by atoms with Crippen LogP contribution < -0.4 is 5.56 Å². The van der Waals surface area contributed by atoms with Crippen molar-refractivity contribution in [3.63, 3.8) is 0 Å². The zero-order chi connectivity index (χ0) is 17.6. The summed E-state index contributed by atoms with van der Waals surface area (Å²) in [5.41, 5.74) is 4.41. The third-order valence-corrected chi connectivity index (χ3v) is 4.99. The van der Waals surface area contributed by atoms with E-state index in [9.17, 15) is 9.59 Å². The first-order valence-corrected chi connectivity index (χ1v) is 8.59. The number of hydrogen-bond acceptors (Lipinski definition) is 2. The van der Waals surface area contributed by atoms with E-state index in [4.69, 9.17) is 11.6 Å². The van der Waals surface area contributed by atoms with Gasteiger partial charge in [0.15, 0.2) is 0 Å². The molecule has 4 rings (SSSR count). The summed E-state index contributed by atoms with van der Waals surface area (Å²) in [5.74, 6) is -0.000173. The second-order valence-electron chi connectivity index (χ2n) is 6.47. The number of aromatic nitrogens is 1. The fourth-order valence-corrected chi connectivity index (χ4v) is 3.45. The lowest BCUT2D eigenvalue weighted by atomic mass is 9.96. The number of halogens is 1. The van der Waals surface area contributed by atoms with Crippen LogP contribution in [-0.4, -0.2) is 22.3 Å². The highest BCUT2D eigenvalue weighted by atomic mass is 35.5. The number of H-pyrrole nitrogens is 1. The number of nitrogens with one attached hydrogen (secondary N) is 1. The summed E-state index contributed by atoms with van der Waals surface area (Å²) in [6.07, 6.45) is 0.808. The lowest BCUT2D eigenvalue weighted by Gasteiger charge is -2.29. The van der Waals surface area contributed by atoms with E-state index in [0.29, 0.717) is 29.2 Å². The van der Waals surface area contributed by atoms with Crippen LogP contribution in [0.25, 0.3) is 10.9 Å². The number of hydrogen-bond donors (Lipinski definition) is 1. The molecule has 5 heteroatoms. The highest BCUT2D eigenvalue weighted by molar-refractivity contribution is 6.30. The maximum absolute atomic E-state index is 12.7. The third kappa shape index (κ3) is 2.94. The van der Waals surface area contributed by atoms with Crippen LogP contribution in [0.1, 0.15) is 27.0 Å². The van der Waals surface area contributed by atoms with Gasteiger partial charge in [0.1, 0.15) is 0 Å². The molecule has 0 fully saturated rings. The second kappa shape index (κ2) is 6.05. The molecule has 0 aliphatic carbocycles. The van der Waals surface area contributed by atoms with Crippen LogP contribution in [0.4, 0.5) is 0 Å². The second-order valence-corrected chi connectivity index (χ2v) is 6.91. The van der Waals surface area contributed by atoms with Crippen molar-refractivity contribution in [2.24, 2.45) is 0 Å². The number of fused-ring (bicyclic) bond motifs is 2. The van der Waals surface area contributed by atoms with E-state index in [-0.39, 0.29) is 11.5 Å².